The van der Waals surface area contributed by atoms with E-state index < -0.39 is 0 Å². The first-order chi connectivity index (χ1) is 17.2. The van der Waals surface area contributed by atoms with E-state index in [-0.39, 0.29) is 5.69 Å². The predicted octanol–water partition coefficient (Wildman–Crippen LogP) is 4.33. The summed E-state index contributed by atoms with van der Waals surface area (Å²) in [6.45, 7) is 3.28. The maximum Gasteiger partial charge on any atom is 0.328 e. The Labute approximate surface area is 203 Å². The number of aromatic amines is 1. The molecule has 176 valence electrons. The Balaban J connectivity index is 1.42. The van der Waals surface area contributed by atoms with Gasteiger partial charge in [-0.3, -0.25) is 14.1 Å². The number of nitrogens with one attached hydrogen (secondary N) is 1. The van der Waals surface area contributed by atoms with E-state index in [2.05, 4.69) is 68.9 Å². The Morgan fingerprint density at radius 2 is 1.71 bits per heavy atom. The van der Waals surface area contributed by atoms with Crippen molar-refractivity contribution in [3.05, 3.63) is 107 Å². The number of imidazole rings is 1. The second kappa shape index (κ2) is 10.3. The topological polar surface area (TPSA) is 94.3 Å². The third kappa shape index (κ3) is 4.96. The summed E-state index contributed by atoms with van der Waals surface area (Å²) in [6.07, 6.45) is 8.57. The maximum atomic E-state index is 13.3. The van der Waals surface area contributed by atoms with E-state index in [4.69, 9.17) is 0 Å². The lowest BCUT2D eigenvalue weighted by atomic mass is 10.0. The molecule has 0 saturated carbocycles. The van der Waals surface area contributed by atoms with Crippen molar-refractivity contribution in [3.63, 3.8) is 0 Å². The van der Waals surface area contributed by atoms with Gasteiger partial charge in [0, 0.05) is 35.4 Å². The van der Waals surface area contributed by atoms with E-state index in [1.54, 1.807) is 6.20 Å². The highest BCUT2D eigenvalue weighted by Crippen LogP contribution is 2.29. The quantitative estimate of drug-likeness (QED) is 0.350. The molecule has 2 aromatic carbocycles. The molecule has 0 spiro atoms. The van der Waals surface area contributed by atoms with E-state index >= 15 is 0 Å². The van der Waals surface area contributed by atoms with Crippen molar-refractivity contribution in [3.8, 4) is 22.5 Å². The van der Waals surface area contributed by atoms with E-state index in [1.807, 2.05) is 45.8 Å². The normalized spacial score (nSPS) is 11.1. The smallest absolute Gasteiger partial charge is 0.295 e. The number of pyridine rings is 1. The molecular weight excluding hydrogens is 438 g/mol. The van der Waals surface area contributed by atoms with Gasteiger partial charge >= 0.3 is 5.69 Å². The molecule has 3 heterocycles. The van der Waals surface area contributed by atoms with Gasteiger partial charge < -0.3 is 0 Å². The van der Waals surface area contributed by atoms with Gasteiger partial charge in [0.2, 0.25) is 0 Å². The number of hydrogen-bond acceptors (Lipinski definition) is 5. The van der Waals surface area contributed by atoms with Crippen LogP contribution in [0.5, 0.6) is 0 Å². The molecule has 5 rings (SSSR count). The number of tetrazole rings is 1. The van der Waals surface area contributed by atoms with Gasteiger partial charge in [-0.1, -0.05) is 67.9 Å². The zero-order valence-corrected chi connectivity index (χ0v) is 19.6. The summed E-state index contributed by atoms with van der Waals surface area (Å²) in [5.41, 5.74) is 6.11. The molecule has 1 N–H and O–H groups in total. The monoisotopic (exact) mass is 465 g/mol. The first-order valence-corrected chi connectivity index (χ1v) is 11.8. The molecule has 0 bridgehead atoms. The van der Waals surface area contributed by atoms with Crippen molar-refractivity contribution in [2.24, 2.45) is 0 Å². The Bertz CT molecular complexity index is 1440. The van der Waals surface area contributed by atoms with E-state index in [9.17, 15) is 4.79 Å². The van der Waals surface area contributed by atoms with Crippen LogP contribution in [0.1, 0.15) is 36.6 Å². The summed E-state index contributed by atoms with van der Waals surface area (Å²) in [7, 11) is 0. The van der Waals surface area contributed by atoms with Gasteiger partial charge in [-0.05, 0) is 46.0 Å². The number of nitrogens with zero attached hydrogens (tertiary/aromatic N) is 6. The Kier molecular flexibility index (Phi) is 6.61. The first kappa shape index (κ1) is 22.5. The highest BCUT2D eigenvalue weighted by Gasteiger charge is 2.14. The lowest BCUT2D eigenvalue weighted by molar-refractivity contribution is 0.655. The molecule has 3 aromatic heterocycles. The maximum absolute atomic E-state index is 13.3. The van der Waals surface area contributed by atoms with Crippen LogP contribution in [0.3, 0.4) is 0 Å². The average Bonchev–Trinajstić information content (AvgIpc) is 3.54. The second-order valence-corrected chi connectivity index (χ2v) is 8.57. The molecule has 0 aliphatic heterocycles. The van der Waals surface area contributed by atoms with Crippen LogP contribution >= 0.6 is 0 Å². The SMILES string of the molecule is CCCCc1cn(Cc2ccccc2)c(=O)n1Cc1ccc(-c2cnccc2-c2nnn[nH]2)cc1. The van der Waals surface area contributed by atoms with Crippen LogP contribution in [-0.4, -0.2) is 34.7 Å². The molecule has 5 aromatic rings. The highest BCUT2D eigenvalue weighted by atomic mass is 16.1. The van der Waals surface area contributed by atoms with Gasteiger partial charge in [-0.25, -0.2) is 9.89 Å². The second-order valence-electron chi connectivity index (χ2n) is 8.57. The number of aromatic nitrogens is 7. The third-order valence-corrected chi connectivity index (χ3v) is 6.14. The Morgan fingerprint density at radius 3 is 2.46 bits per heavy atom. The standard InChI is InChI=1S/C27H27N7O/c1-2-3-9-23-19-33(17-20-7-5-4-6-8-20)27(35)34(23)18-21-10-12-22(13-11-21)25-16-28-15-14-24(25)26-29-31-32-30-26/h4-8,10-16,19H,2-3,9,17-18H2,1H3,(H,29,30,31,32). The number of rotatable bonds is 9. The van der Waals surface area contributed by atoms with Crippen molar-refractivity contribution >= 4 is 0 Å². The first-order valence-electron chi connectivity index (χ1n) is 11.8. The van der Waals surface area contributed by atoms with Crippen LogP contribution in [0.4, 0.5) is 0 Å². The van der Waals surface area contributed by atoms with E-state index in [1.165, 1.54) is 0 Å². The Morgan fingerprint density at radius 1 is 0.914 bits per heavy atom. The number of H-pyrrole nitrogens is 1. The van der Waals surface area contributed by atoms with Gasteiger partial charge in [0.05, 0.1) is 13.1 Å². The van der Waals surface area contributed by atoms with Crippen molar-refractivity contribution in [2.45, 2.75) is 39.3 Å². The molecule has 8 nitrogen and oxygen atoms in total. The lowest BCUT2D eigenvalue weighted by Crippen LogP contribution is -2.26. The van der Waals surface area contributed by atoms with Crippen LogP contribution in [-0.2, 0) is 19.5 Å². The average molecular weight is 466 g/mol. The zero-order valence-electron chi connectivity index (χ0n) is 19.6. The van der Waals surface area contributed by atoms with E-state index in [0.29, 0.717) is 18.9 Å². The fourth-order valence-corrected chi connectivity index (χ4v) is 4.28. The summed E-state index contributed by atoms with van der Waals surface area (Å²) in [4.78, 5) is 17.6. The summed E-state index contributed by atoms with van der Waals surface area (Å²) in [5, 5.41) is 14.2. The van der Waals surface area contributed by atoms with Crippen LogP contribution in [0, 0.1) is 0 Å². The van der Waals surface area contributed by atoms with Crippen LogP contribution in [0.15, 0.2) is 84.0 Å². The van der Waals surface area contributed by atoms with Crippen LogP contribution in [0.25, 0.3) is 22.5 Å². The summed E-state index contributed by atoms with van der Waals surface area (Å²) in [6, 6.07) is 20.2. The zero-order chi connectivity index (χ0) is 24.0. The number of hydrogen-bond donors (Lipinski definition) is 1. The number of aryl methyl sites for hydroxylation is 1. The molecular formula is C27H27N7O. The largest absolute Gasteiger partial charge is 0.328 e. The minimum absolute atomic E-state index is 0.0244. The van der Waals surface area contributed by atoms with Gasteiger partial charge in [0.15, 0.2) is 5.82 Å². The number of benzene rings is 2. The molecule has 0 unspecified atom stereocenters. The molecule has 0 radical (unpaired) electrons. The van der Waals surface area contributed by atoms with Crippen molar-refractivity contribution in [1.29, 1.82) is 0 Å². The molecule has 0 aliphatic rings. The van der Waals surface area contributed by atoms with Crippen molar-refractivity contribution in [2.75, 3.05) is 0 Å². The fraction of sp³-hybridized carbons (Fsp3) is 0.222. The molecule has 0 fully saturated rings. The van der Waals surface area contributed by atoms with Crippen LogP contribution < -0.4 is 5.69 Å². The van der Waals surface area contributed by atoms with E-state index in [0.717, 1.165) is 52.8 Å². The van der Waals surface area contributed by atoms with Crippen molar-refractivity contribution in [1.82, 2.24) is 34.7 Å². The molecule has 0 atom stereocenters. The molecule has 0 saturated heterocycles. The van der Waals surface area contributed by atoms with Crippen molar-refractivity contribution < 1.29 is 0 Å². The van der Waals surface area contributed by atoms with Gasteiger partial charge in [0.1, 0.15) is 0 Å². The molecule has 35 heavy (non-hydrogen) atoms. The fourth-order valence-electron chi connectivity index (χ4n) is 4.28. The summed E-state index contributed by atoms with van der Waals surface area (Å²) in [5.74, 6) is 0.596. The van der Waals surface area contributed by atoms with Gasteiger partial charge in [-0.15, -0.1) is 5.10 Å². The highest BCUT2D eigenvalue weighted by molar-refractivity contribution is 5.79. The minimum Gasteiger partial charge on any atom is -0.295 e. The Hall–Kier alpha value is -4.33. The third-order valence-electron chi connectivity index (χ3n) is 6.14. The molecule has 8 heteroatoms. The van der Waals surface area contributed by atoms with Crippen LogP contribution in [0.2, 0.25) is 0 Å². The lowest BCUT2D eigenvalue weighted by Gasteiger charge is -2.10. The molecule has 0 aliphatic carbocycles. The van der Waals surface area contributed by atoms with Gasteiger partial charge in [0.25, 0.3) is 0 Å². The minimum atomic E-state index is 0.0244. The summed E-state index contributed by atoms with van der Waals surface area (Å²) < 4.78 is 3.73. The predicted molar refractivity (Wildman–Crippen MR) is 135 cm³/mol. The number of unbranched alkanes of at least 4 members (excludes halogenated alkanes) is 1. The molecule has 0 amide bonds. The van der Waals surface area contributed by atoms with Gasteiger partial charge in [-0.2, -0.15) is 0 Å². The summed E-state index contributed by atoms with van der Waals surface area (Å²) >= 11 is 0.